The Morgan fingerprint density at radius 2 is 2.07 bits per heavy atom. The van der Waals surface area contributed by atoms with Crippen molar-refractivity contribution in [3.8, 4) is 11.8 Å². The molecule has 0 bridgehead atoms. The molecule has 0 saturated heterocycles. The summed E-state index contributed by atoms with van der Waals surface area (Å²) in [5, 5.41) is 8.21. The Bertz CT molecular complexity index is 407. The summed E-state index contributed by atoms with van der Waals surface area (Å²) in [5.74, 6) is -2.22. The summed E-state index contributed by atoms with van der Waals surface area (Å²) in [5.41, 5.74) is 0.0184. The highest BCUT2D eigenvalue weighted by Gasteiger charge is 2.11. The molecule has 0 spiro atoms. The molecule has 1 aromatic rings. The Hall–Kier alpha value is -1.89. The van der Waals surface area contributed by atoms with Gasteiger partial charge in [-0.2, -0.15) is 9.65 Å². The van der Waals surface area contributed by atoms with Crippen LogP contribution in [0.5, 0.6) is 5.75 Å². The van der Waals surface area contributed by atoms with E-state index in [1.165, 1.54) is 25.3 Å². The predicted octanol–water partition coefficient (Wildman–Crippen LogP) is 2.51. The van der Waals surface area contributed by atoms with Crippen LogP contribution >= 0.6 is 0 Å². The molecular formula is C10H7F2NO. The van der Waals surface area contributed by atoms with E-state index in [1.54, 1.807) is 6.07 Å². The molecule has 0 N–H and O–H groups in total. The lowest BCUT2D eigenvalue weighted by Crippen LogP contribution is -1.94. The second-order valence-electron chi connectivity index (χ2n) is 2.45. The molecule has 1 aromatic carbocycles. The van der Waals surface area contributed by atoms with Crippen LogP contribution in [0, 0.1) is 23.0 Å². The average Bonchev–Trinajstić information content (AvgIpc) is 2.20. The monoisotopic (exact) mass is 195 g/mol. The zero-order valence-corrected chi connectivity index (χ0v) is 7.42. The van der Waals surface area contributed by atoms with E-state index in [4.69, 9.17) is 5.26 Å². The molecule has 14 heavy (non-hydrogen) atoms. The van der Waals surface area contributed by atoms with Crippen molar-refractivity contribution in [1.29, 1.82) is 5.26 Å². The lowest BCUT2D eigenvalue weighted by atomic mass is 10.2. The summed E-state index contributed by atoms with van der Waals surface area (Å²) in [6.45, 7) is 0. The number of hydrogen-bond acceptors (Lipinski definition) is 2. The van der Waals surface area contributed by atoms with Crippen LogP contribution in [0.1, 0.15) is 5.56 Å². The molecule has 1 rings (SSSR count). The van der Waals surface area contributed by atoms with Gasteiger partial charge in [0, 0.05) is 11.6 Å². The standard InChI is InChI=1S/C10H7F2NO/c1-14-8-5-4-7(3-2-6-13)9(11)10(8)12/h2-5H,1H3. The van der Waals surface area contributed by atoms with Gasteiger partial charge in [0.05, 0.1) is 13.2 Å². The molecule has 0 aliphatic carbocycles. The van der Waals surface area contributed by atoms with E-state index in [2.05, 4.69) is 4.74 Å². The fraction of sp³-hybridized carbons (Fsp3) is 0.100. The molecule has 0 atom stereocenters. The van der Waals surface area contributed by atoms with Crippen LogP contribution in [0.25, 0.3) is 6.08 Å². The first-order valence-corrected chi connectivity index (χ1v) is 3.79. The van der Waals surface area contributed by atoms with E-state index >= 15 is 0 Å². The molecule has 0 fully saturated rings. The Labute approximate surface area is 80.0 Å². The zero-order chi connectivity index (χ0) is 10.6. The average molecular weight is 195 g/mol. The van der Waals surface area contributed by atoms with Crippen LogP contribution in [0.2, 0.25) is 0 Å². The fourth-order valence-electron chi connectivity index (χ4n) is 0.960. The van der Waals surface area contributed by atoms with Gasteiger partial charge in [-0.1, -0.05) is 0 Å². The number of ether oxygens (including phenoxy) is 1. The third-order valence-electron chi connectivity index (χ3n) is 1.63. The second-order valence-corrected chi connectivity index (χ2v) is 2.45. The number of methoxy groups -OCH3 is 1. The van der Waals surface area contributed by atoms with Gasteiger partial charge in [-0.3, -0.25) is 0 Å². The van der Waals surface area contributed by atoms with Crippen LogP contribution in [0.3, 0.4) is 0 Å². The van der Waals surface area contributed by atoms with E-state index in [0.29, 0.717) is 0 Å². The molecule has 0 heterocycles. The molecular weight excluding hydrogens is 188 g/mol. The molecule has 2 nitrogen and oxygen atoms in total. The van der Waals surface area contributed by atoms with E-state index in [0.717, 1.165) is 6.08 Å². The van der Waals surface area contributed by atoms with Crippen molar-refractivity contribution in [2.24, 2.45) is 0 Å². The summed E-state index contributed by atoms with van der Waals surface area (Å²) < 4.78 is 30.8. The molecule has 0 aliphatic heterocycles. The first kappa shape index (κ1) is 10.2. The predicted molar refractivity (Wildman–Crippen MR) is 47.6 cm³/mol. The third-order valence-corrected chi connectivity index (χ3v) is 1.63. The maximum atomic E-state index is 13.2. The van der Waals surface area contributed by atoms with Crippen molar-refractivity contribution in [1.82, 2.24) is 0 Å². The number of nitrogens with zero attached hydrogens (tertiary/aromatic N) is 1. The van der Waals surface area contributed by atoms with Crippen molar-refractivity contribution < 1.29 is 13.5 Å². The normalized spacial score (nSPS) is 10.1. The molecule has 72 valence electrons. The molecule has 0 saturated carbocycles. The minimum atomic E-state index is -1.05. The second kappa shape index (κ2) is 4.38. The Kier molecular flexibility index (Phi) is 3.19. The third kappa shape index (κ3) is 1.88. The highest BCUT2D eigenvalue weighted by atomic mass is 19.2. The van der Waals surface area contributed by atoms with Crippen LogP contribution in [-0.2, 0) is 0 Å². The van der Waals surface area contributed by atoms with E-state index in [-0.39, 0.29) is 11.3 Å². The van der Waals surface area contributed by atoms with Crippen molar-refractivity contribution in [3.63, 3.8) is 0 Å². The maximum Gasteiger partial charge on any atom is 0.201 e. The van der Waals surface area contributed by atoms with Crippen molar-refractivity contribution >= 4 is 6.08 Å². The number of nitriles is 1. The molecule has 0 aromatic heterocycles. The Morgan fingerprint density at radius 3 is 2.64 bits per heavy atom. The molecule has 0 aliphatic rings. The largest absolute Gasteiger partial charge is 0.494 e. The summed E-state index contributed by atoms with van der Waals surface area (Å²) >= 11 is 0. The van der Waals surface area contributed by atoms with Gasteiger partial charge < -0.3 is 4.74 Å². The topological polar surface area (TPSA) is 33.0 Å². The lowest BCUT2D eigenvalue weighted by molar-refractivity contribution is 0.371. The van der Waals surface area contributed by atoms with Crippen LogP contribution in [-0.4, -0.2) is 7.11 Å². The summed E-state index contributed by atoms with van der Waals surface area (Å²) in [7, 11) is 1.25. The van der Waals surface area contributed by atoms with Crippen molar-refractivity contribution in [3.05, 3.63) is 35.4 Å². The Balaban J connectivity index is 3.18. The first-order valence-electron chi connectivity index (χ1n) is 3.79. The minimum Gasteiger partial charge on any atom is -0.494 e. The molecule has 0 amide bonds. The van der Waals surface area contributed by atoms with Crippen LogP contribution in [0.4, 0.5) is 8.78 Å². The van der Waals surface area contributed by atoms with Crippen LogP contribution < -0.4 is 4.74 Å². The smallest absolute Gasteiger partial charge is 0.201 e. The van der Waals surface area contributed by atoms with E-state index < -0.39 is 11.6 Å². The number of hydrogen-bond donors (Lipinski definition) is 0. The number of halogens is 2. The number of allylic oxidation sites excluding steroid dienone is 1. The van der Waals surface area contributed by atoms with E-state index in [9.17, 15) is 8.78 Å². The molecule has 0 radical (unpaired) electrons. The van der Waals surface area contributed by atoms with Crippen molar-refractivity contribution in [2.75, 3.05) is 7.11 Å². The van der Waals surface area contributed by atoms with Gasteiger partial charge in [0.25, 0.3) is 0 Å². The molecule has 0 unspecified atom stereocenters. The summed E-state index contributed by atoms with van der Waals surface area (Å²) in [6, 6.07) is 4.33. The van der Waals surface area contributed by atoms with Crippen LogP contribution in [0.15, 0.2) is 18.2 Å². The van der Waals surface area contributed by atoms with Gasteiger partial charge in [0.2, 0.25) is 5.82 Å². The quantitative estimate of drug-likeness (QED) is 0.679. The van der Waals surface area contributed by atoms with Gasteiger partial charge in [-0.25, -0.2) is 4.39 Å². The molecule has 4 heteroatoms. The maximum absolute atomic E-state index is 13.2. The lowest BCUT2D eigenvalue weighted by Gasteiger charge is -2.03. The fourth-order valence-corrected chi connectivity index (χ4v) is 0.960. The highest BCUT2D eigenvalue weighted by molar-refractivity contribution is 5.54. The SMILES string of the molecule is COc1ccc(C=CC#N)c(F)c1F. The van der Waals surface area contributed by atoms with Gasteiger partial charge >= 0.3 is 0 Å². The zero-order valence-electron chi connectivity index (χ0n) is 7.42. The highest BCUT2D eigenvalue weighted by Crippen LogP contribution is 2.22. The van der Waals surface area contributed by atoms with Gasteiger partial charge in [0.15, 0.2) is 11.6 Å². The first-order chi connectivity index (χ1) is 6.70. The van der Waals surface area contributed by atoms with Gasteiger partial charge in [-0.15, -0.1) is 0 Å². The Morgan fingerprint density at radius 1 is 1.36 bits per heavy atom. The number of benzene rings is 1. The summed E-state index contributed by atoms with van der Waals surface area (Å²) in [4.78, 5) is 0. The van der Waals surface area contributed by atoms with Gasteiger partial charge in [-0.05, 0) is 18.2 Å². The summed E-state index contributed by atoms with van der Waals surface area (Å²) in [6.07, 6.45) is 2.27. The van der Waals surface area contributed by atoms with Gasteiger partial charge in [0.1, 0.15) is 0 Å². The van der Waals surface area contributed by atoms with E-state index in [1.807, 2.05) is 0 Å². The minimum absolute atomic E-state index is 0.0184. The van der Waals surface area contributed by atoms with Crippen molar-refractivity contribution in [2.45, 2.75) is 0 Å². The number of rotatable bonds is 2.